The van der Waals surface area contributed by atoms with Crippen LogP contribution in [0.25, 0.3) is 4.91 Å². The Bertz CT molecular complexity index is 975. The second-order valence-electron chi connectivity index (χ2n) is 7.09. The van der Waals surface area contributed by atoms with E-state index in [2.05, 4.69) is 0 Å². The van der Waals surface area contributed by atoms with Crippen LogP contribution < -0.4 is 0 Å². The van der Waals surface area contributed by atoms with E-state index in [-0.39, 0.29) is 35.7 Å². The molecule has 29 heavy (non-hydrogen) atoms. The average molecular weight is 417 g/mol. The summed E-state index contributed by atoms with van der Waals surface area (Å²) in [6, 6.07) is 12.1. The van der Waals surface area contributed by atoms with E-state index >= 15 is 0 Å². The molecule has 2 aromatic rings. The van der Waals surface area contributed by atoms with Crippen LogP contribution in [0.1, 0.15) is 24.2 Å². The number of carbonyl (C=O) groups is 1. The molecule has 0 N–H and O–H groups in total. The summed E-state index contributed by atoms with van der Waals surface area (Å²) in [5, 5.41) is 0. The molecule has 7 nitrogen and oxygen atoms in total. The predicted molar refractivity (Wildman–Crippen MR) is 106 cm³/mol. The molecule has 4 rings (SSSR count). The minimum absolute atomic E-state index is 0.0474. The molecule has 1 unspecified atom stereocenters. The van der Waals surface area contributed by atoms with Gasteiger partial charge in [0.15, 0.2) is 9.84 Å². The number of nitrogens with zero attached hydrogens (tertiary/aromatic N) is 1. The highest BCUT2D eigenvalue weighted by Crippen LogP contribution is 2.31. The summed E-state index contributed by atoms with van der Waals surface area (Å²) < 4.78 is 42.4. The smallest absolute Gasteiger partial charge is 0.290 e. The zero-order valence-electron chi connectivity index (χ0n) is 16.0. The quantitative estimate of drug-likeness (QED) is 0.718. The number of hydrogen-bond acceptors (Lipinski definition) is 6. The summed E-state index contributed by atoms with van der Waals surface area (Å²) in [6.07, 6.45) is 3.25. The molecule has 2 aliphatic heterocycles. The fraction of sp³-hybridized carbons (Fsp3) is 0.381. The SMILES string of the molecule is O=C(C1=C(c2ccccc2)S(=O)(=O)CCO1)N(Cc1ccco1)CC1CCCO1. The lowest BCUT2D eigenvalue weighted by Crippen LogP contribution is -2.40. The van der Waals surface area contributed by atoms with Crippen molar-refractivity contribution in [1.82, 2.24) is 4.90 Å². The van der Waals surface area contributed by atoms with Crippen molar-refractivity contribution in [3.8, 4) is 0 Å². The van der Waals surface area contributed by atoms with Gasteiger partial charge in [-0.15, -0.1) is 0 Å². The van der Waals surface area contributed by atoms with Crippen LogP contribution in [0, 0.1) is 0 Å². The molecule has 1 saturated heterocycles. The van der Waals surface area contributed by atoms with Crippen LogP contribution >= 0.6 is 0 Å². The Balaban J connectivity index is 1.72. The van der Waals surface area contributed by atoms with E-state index in [4.69, 9.17) is 13.9 Å². The molecule has 8 heteroatoms. The molecule has 0 saturated carbocycles. The molecule has 154 valence electrons. The maximum absolute atomic E-state index is 13.5. The van der Waals surface area contributed by atoms with Gasteiger partial charge in [0.1, 0.15) is 17.3 Å². The molecule has 1 aromatic heterocycles. The van der Waals surface area contributed by atoms with Crippen LogP contribution in [-0.2, 0) is 30.7 Å². The largest absolute Gasteiger partial charge is 0.486 e. The molecule has 0 radical (unpaired) electrons. The van der Waals surface area contributed by atoms with Crippen molar-refractivity contribution >= 4 is 20.6 Å². The summed E-state index contributed by atoms with van der Waals surface area (Å²) >= 11 is 0. The second kappa shape index (κ2) is 8.42. The number of hydrogen-bond donors (Lipinski definition) is 0. The number of benzene rings is 1. The first kappa shape index (κ1) is 19.7. The first-order valence-electron chi connectivity index (χ1n) is 9.63. The van der Waals surface area contributed by atoms with Gasteiger partial charge in [-0.25, -0.2) is 8.42 Å². The lowest BCUT2D eigenvalue weighted by Gasteiger charge is -2.28. The van der Waals surface area contributed by atoms with Gasteiger partial charge < -0.3 is 18.8 Å². The van der Waals surface area contributed by atoms with Crippen LogP contribution in [0.4, 0.5) is 0 Å². The standard InChI is InChI=1S/C21H23NO6S/c23-21(22(14-17-8-4-10-26-17)15-18-9-5-11-27-18)19-20(16-6-2-1-3-7-16)29(24,25)13-12-28-19/h1-4,6-8,10,18H,5,9,11-15H2. The zero-order valence-corrected chi connectivity index (χ0v) is 16.8. The molecule has 1 fully saturated rings. The van der Waals surface area contributed by atoms with Crippen molar-refractivity contribution in [2.45, 2.75) is 25.5 Å². The van der Waals surface area contributed by atoms with Crippen molar-refractivity contribution < 1.29 is 27.1 Å². The van der Waals surface area contributed by atoms with Crippen LogP contribution in [0.3, 0.4) is 0 Å². The lowest BCUT2D eigenvalue weighted by molar-refractivity contribution is -0.133. The highest BCUT2D eigenvalue weighted by atomic mass is 32.2. The van der Waals surface area contributed by atoms with E-state index in [0.29, 0.717) is 24.5 Å². The van der Waals surface area contributed by atoms with Crippen LogP contribution in [-0.4, -0.2) is 50.8 Å². The van der Waals surface area contributed by atoms with E-state index in [0.717, 1.165) is 12.8 Å². The van der Waals surface area contributed by atoms with Gasteiger partial charge in [0, 0.05) is 13.2 Å². The maximum atomic E-state index is 13.5. The van der Waals surface area contributed by atoms with Gasteiger partial charge in [0.2, 0.25) is 5.76 Å². The molecule has 2 aliphatic rings. The van der Waals surface area contributed by atoms with Crippen LogP contribution in [0.15, 0.2) is 58.9 Å². The molecule has 0 aliphatic carbocycles. The maximum Gasteiger partial charge on any atom is 0.290 e. The van der Waals surface area contributed by atoms with Gasteiger partial charge >= 0.3 is 0 Å². The zero-order chi connectivity index (χ0) is 20.3. The third-order valence-corrected chi connectivity index (χ3v) is 6.76. The molecule has 0 bridgehead atoms. The van der Waals surface area contributed by atoms with Crippen molar-refractivity contribution in [1.29, 1.82) is 0 Å². The Morgan fingerprint density at radius 2 is 1.93 bits per heavy atom. The van der Waals surface area contributed by atoms with Gasteiger partial charge in [-0.1, -0.05) is 30.3 Å². The van der Waals surface area contributed by atoms with E-state index < -0.39 is 15.7 Å². The monoisotopic (exact) mass is 417 g/mol. The molecule has 0 spiro atoms. The Hall–Kier alpha value is -2.58. The van der Waals surface area contributed by atoms with E-state index in [1.807, 2.05) is 0 Å². The van der Waals surface area contributed by atoms with Crippen LogP contribution in [0.2, 0.25) is 0 Å². The number of carbonyl (C=O) groups excluding carboxylic acids is 1. The number of amides is 1. The molecule has 3 heterocycles. The Labute approximate surface area is 169 Å². The predicted octanol–water partition coefficient (Wildman–Crippen LogP) is 2.60. The fourth-order valence-electron chi connectivity index (χ4n) is 3.61. The molecular formula is C21H23NO6S. The summed E-state index contributed by atoms with van der Waals surface area (Å²) in [5.41, 5.74) is 0.450. The van der Waals surface area contributed by atoms with E-state index in [1.165, 1.54) is 0 Å². The van der Waals surface area contributed by atoms with E-state index in [1.54, 1.807) is 53.6 Å². The highest BCUT2D eigenvalue weighted by molar-refractivity contribution is 8.00. The Kier molecular flexibility index (Phi) is 5.73. The first-order chi connectivity index (χ1) is 14.0. The number of furan rings is 1. The van der Waals surface area contributed by atoms with Gasteiger partial charge in [0.25, 0.3) is 5.91 Å². The third-order valence-electron chi connectivity index (χ3n) is 5.01. The summed E-state index contributed by atoms with van der Waals surface area (Å²) in [5.74, 6) is -0.152. The minimum atomic E-state index is -3.64. The van der Waals surface area contributed by atoms with Crippen molar-refractivity contribution in [3.63, 3.8) is 0 Å². The van der Waals surface area contributed by atoms with Gasteiger partial charge in [-0.3, -0.25) is 4.79 Å². The van der Waals surface area contributed by atoms with Gasteiger partial charge in [-0.2, -0.15) is 0 Å². The van der Waals surface area contributed by atoms with Gasteiger partial charge in [0.05, 0.1) is 24.7 Å². The summed E-state index contributed by atoms with van der Waals surface area (Å²) in [6.45, 7) is 1.17. The lowest BCUT2D eigenvalue weighted by atomic mass is 10.1. The number of ether oxygens (including phenoxy) is 2. The molecule has 1 aromatic carbocycles. The first-order valence-corrected chi connectivity index (χ1v) is 11.3. The summed E-state index contributed by atoms with van der Waals surface area (Å²) in [7, 11) is -3.64. The molecule has 1 amide bonds. The Morgan fingerprint density at radius 3 is 2.62 bits per heavy atom. The third kappa shape index (κ3) is 4.38. The summed E-state index contributed by atoms with van der Waals surface area (Å²) in [4.78, 5) is 15.0. The highest BCUT2D eigenvalue weighted by Gasteiger charge is 2.36. The number of sulfone groups is 1. The molecular weight excluding hydrogens is 394 g/mol. The second-order valence-corrected chi connectivity index (χ2v) is 9.14. The van der Waals surface area contributed by atoms with Crippen molar-refractivity contribution in [2.24, 2.45) is 0 Å². The van der Waals surface area contributed by atoms with Crippen molar-refractivity contribution in [3.05, 3.63) is 65.8 Å². The van der Waals surface area contributed by atoms with Crippen molar-refractivity contribution in [2.75, 3.05) is 25.5 Å². The fourth-order valence-corrected chi connectivity index (χ4v) is 5.04. The van der Waals surface area contributed by atoms with Gasteiger partial charge in [-0.05, 0) is 30.5 Å². The van der Waals surface area contributed by atoms with E-state index in [9.17, 15) is 13.2 Å². The average Bonchev–Trinajstić information content (AvgIpc) is 3.41. The minimum Gasteiger partial charge on any atom is -0.486 e. The molecule has 1 atom stereocenters. The topological polar surface area (TPSA) is 86.0 Å². The number of rotatable bonds is 6. The normalized spacial score (nSPS) is 21.0. The Morgan fingerprint density at radius 1 is 1.10 bits per heavy atom. The van der Waals surface area contributed by atoms with Crippen LogP contribution in [0.5, 0.6) is 0 Å².